The van der Waals surface area contributed by atoms with Gasteiger partial charge in [-0.25, -0.2) is 0 Å². The zero-order valence-corrected chi connectivity index (χ0v) is 9.63. The van der Waals surface area contributed by atoms with Crippen molar-refractivity contribution in [2.45, 2.75) is 50.8 Å². The van der Waals surface area contributed by atoms with Crippen LogP contribution in [0, 0.1) is 0 Å². The van der Waals surface area contributed by atoms with E-state index in [-0.39, 0.29) is 12.1 Å². The van der Waals surface area contributed by atoms with Crippen LogP contribution in [0.1, 0.15) is 37.9 Å². The fourth-order valence-electron chi connectivity index (χ4n) is 2.14. The summed E-state index contributed by atoms with van der Waals surface area (Å²) in [5, 5.41) is 25.0. The number of aromatic nitrogens is 4. The summed E-state index contributed by atoms with van der Waals surface area (Å²) in [6, 6.07) is 0.173. The molecule has 0 radical (unpaired) electrons. The summed E-state index contributed by atoms with van der Waals surface area (Å²) in [6.45, 7) is 0.579. The van der Waals surface area contributed by atoms with E-state index in [4.69, 9.17) is 0 Å². The number of aryl methyl sites for hydroxylation is 1. The number of hydrogen-bond donors (Lipinski definition) is 2. The minimum Gasteiger partial charge on any atom is -0.392 e. The standard InChI is InChI=1S/C10H19N5O/c1-15-13-10(12-14-15)7-11-8-5-3-2-4-6-9(8)16/h8-9,11,16H,2-7H2,1H3. The molecule has 1 aromatic heterocycles. The SMILES string of the molecule is Cn1nnc(CNC2CCCCCC2O)n1. The van der Waals surface area contributed by atoms with Gasteiger partial charge in [0.1, 0.15) is 0 Å². The smallest absolute Gasteiger partial charge is 0.188 e. The molecule has 1 aliphatic carbocycles. The van der Waals surface area contributed by atoms with E-state index in [2.05, 4.69) is 20.7 Å². The molecule has 1 aromatic rings. The van der Waals surface area contributed by atoms with E-state index >= 15 is 0 Å². The van der Waals surface area contributed by atoms with Crippen molar-refractivity contribution in [1.29, 1.82) is 0 Å². The van der Waals surface area contributed by atoms with Gasteiger partial charge in [0, 0.05) is 6.04 Å². The zero-order valence-electron chi connectivity index (χ0n) is 9.63. The van der Waals surface area contributed by atoms with Crippen LogP contribution in [0.25, 0.3) is 0 Å². The molecular formula is C10H19N5O. The second-order valence-corrected chi connectivity index (χ2v) is 4.39. The Labute approximate surface area is 95.0 Å². The lowest BCUT2D eigenvalue weighted by Crippen LogP contribution is -2.38. The third-order valence-electron chi connectivity index (χ3n) is 3.05. The maximum atomic E-state index is 9.91. The summed E-state index contributed by atoms with van der Waals surface area (Å²) in [4.78, 5) is 1.44. The van der Waals surface area contributed by atoms with Gasteiger partial charge >= 0.3 is 0 Å². The van der Waals surface area contributed by atoms with E-state index < -0.39 is 0 Å². The molecule has 1 aliphatic rings. The van der Waals surface area contributed by atoms with Crippen LogP contribution < -0.4 is 5.32 Å². The molecule has 1 saturated carbocycles. The van der Waals surface area contributed by atoms with Gasteiger partial charge in [-0.05, 0) is 18.1 Å². The number of nitrogens with zero attached hydrogens (tertiary/aromatic N) is 4. The Balaban J connectivity index is 1.83. The van der Waals surface area contributed by atoms with Gasteiger partial charge in [0.15, 0.2) is 5.82 Å². The second-order valence-electron chi connectivity index (χ2n) is 4.39. The van der Waals surface area contributed by atoms with Crippen LogP contribution in [0.15, 0.2) is 0 Å². The predicted octanol–water partition coefficient (Wildman–Crippen LogP) is -0.00670. The Morgan fingerprint density at radius 1 is 1.38 bits per heavy atom. The maximum absolute atomic E-state index is 9.91. The Hall–Kier alpha value is -1.01. The largest absolute Gasteiger partial charge is 0.392 e. The first kappa shape index (κ1) is 11.5. The van der Waals surface area contributed by atoms with Crippen molar-refractivity contribution in [2.75, 3.05) is 0 Å². The van der Waals surface area contributed by atoms with Crippen molar-refractivity contribution in [1.82, 2.24) is 25.5 Å². The van der Waals surface area contributed by atoms with E-state index in [1.807, 2.05) is 0 Å². The number of aliphatic hydroxyl groups is 1. The highest BCUT2D eigenvalue weighted by Crippen LogP contribution is 2.18. The fraction of sp³-hybridized carbons (Fsp3) is 0.900. The summed E-state index contributed by atoms with van der Waals surface area (Å²) in [7, 11) is 1.75. The highest BCUT2D eigenvalue weighted by atomic mass is 16.3. The minimum absolute atomic E-state index is 0.173. The Bertz CT molecular complexity index is 327. The topological polar surface area (TPSA) is 75.9 Å². The van der Waals surface area contributed by atoms with Gasteiger partial charge in [-0.3, -0.25) is 0 Å². The van der Waals surface area contributed by atoms with Gasteiger partial charge in [-0.1, -0.05) is 19.3 Å². The van der Waals surface area contributed by atoms with Crippen molar-refractivity contribution in [3.05, 3.63) is 5.82 Å². The molecule has 2 atom stereocenters. The second kappa shape index (κ2) is 5.36. The van der Waals surface area contributed by atoms with Crippen LogP contribution in [-0.2, 0) is 13.6 Å². The number of rotatable bonds is 3. The van der Waals surface area contributed by atoms with Crippen molar-refractivity contribution in [3.8, 4) is 0 Å². The fourth-order valence-corrected chi connectivity index (χ4v) is 2.14. The molecule has 0 aliphatic heterocycles. The van der Waals surface area contributed by atoms with Crippen molar-refractivity contribution < 1.29 is 5.11 Å². The summed E-state index contributed by atoms with van der Waals surface area (Å²) >= 11 is 0. The molecule has 0 bridgehead atoms. The van der Waals surface area contributed by atoms with Gasteiger partial charge in [0.25, 0.3) is 0 Å². The van der Waals surface area contributed by atoms with E-state index in [0.717, 1.165) is 19.3 Å². The van der Waals surface area contributed by atoms with Crippen molar-refractivity contribution in [3.63, 3.8) is 0 Å². The number of tetrazole rings is 1. The van der Waals surface area contributed by atoms with Gasteiger partial charge in [0.05, 0.1) is 19.7 Å². The zero-order chi connectivity index (χ0) is 11.4. The summed E-state index contributed by atoms with van der Waals surface area (Å²) in [5.41, 5.74) is 0. The normalized spacial score (nSPS) is 26.6. The third kappa shape index (κ3) is 2.99. The van der Waals surface area contributed by atoms with Crippen molar-refractivity contribution in [2.24, 2.45) is 7.05 Å². The molecule has 2 unspecified atom stereocenters. The average Bonchev–Trinajstić information content (AvgIpc) is 2.56. The summed E-state index contributed by atoms with van der Waals surface area (Å²) < 4.78 is 0. The molecule has 0 saturated heterocycles. The minimum atomic E-state index is -0.237. The lowest BCUT2D eigenvalue weighted by atomic mass is 10.1. The molecule has 1 heterocycles. The van der Waals surface area contributed by atoms with E-state index in [9.17, 15) is 5.11 Å². The molecule has 0 aromatic carbocycles. The molecule has 2 N–H and O–H groups in total. The third-order valence-corrected chi connectivity index (χ3v) is 3.05. The summed E-state index contributed by atoms with van der Waals surface area (Å²) in [6.07, 6.45) is 5.22. The van der Waals surface area contributed by atoms with Crippen LogP contribution >= 0.6 is 0 Å². The highest BCUT2D eigenvalue weighted by molar-refractivity contribution is 4.83. The molecule has 1 fully saturated rings. The summed E-state index contributed by atoms with van der Waals surface area (Å²) in [5.74, 6) is 0.680. The van der Waals surface area contributed by atoms with Gasteiger partial charge < -0.3 is 10.4 Å². The predicted molar refractivity (Wildman–Crippen MR) is 58.5 cm³/mol. The Morgan fingerprint density at radius 2 is 2.19 bits per heavy atom. The first-order valence-corrected chi connectivity index (χ1v) is 5.90. The van der Waals surface area contributed by atoms with Crippen LogP contribution in [0.2, 0.25) is 0 Å². The molecule has 6 heteroatoms. The maximum Gasteiger partial charge on any atom is 0.188 e. The lowest BCUT2D eigenvalue weighted by Gasteiger charge is -2.20. The van der Waals surface area contributed by atoms with Crippen molar-refractivity contribution >= 4 is 0 Å². The molecule has 16 heavy (non-hydrogen) atoms. The number of nitrogens with one attached hydrogen (secondary N) is 1. The average molecular weight is 225 g/mol. The van der Waals surface area contributed by atoms with Gasteiger partial charge in [-0.15, -0.1) is 10.2 Å². The van der Waals surface area contributed by atoms with Gasteiger partial charge in [-0.2, -0.15) is 4.80 Å². The van der Waals surface area contributed by atoms with E-state index in [1.54, 1.807) is 7.05 Å². The first-order chi connectivity index (χ1) is 7.75. The number of hydrogen-bond acceptors (Lipinski definition) is 5. The Morgan fingerprint density at radius 3 is 2.94 bits per heavy atom. The number of aliphatic hydroxyl groups excluding tert-OH is 1. The molecular weight excluding hydrogens is 206 g/mol. The van der Waals surface area contributed by atoms with E-state index in [1.165, 1.54) is 17.6 Å². The Kier molecular flexibility index (Phi) is 3.84. The lowest BCUT2D eigenvalue weighted by molar-refractivity contribution is 0.119. The molecule has 0 spiro atoms. The van der Waals surface area contributed by atoms with Crippen LogP contribution in [0.4, 0.5) is 0 Å². The van der Waals surface area contributed by atoms with Crippen LogP contribution in [0.5, 0.6) is 0 Å². The monoisotopic (exact) mass is 225 g/mol. The first-order valence-electron chi connectivity index (χ1n) is 5.90. The molecule has 2 rings (SSSR count). The van der Waals surface area contributed by atoms with E-state index in [0.29, 0.717) is 12.4 Å². The quantitative estimate of drug-likeness (QED) is 0.708. The highest BCUT2D eigenvalue weighted by Gasteiger charge is 2.21. The van der Waals surface area contributed by atoms with Gasteiger partial charge in [0.2, 0.25) is 0 Å². The van der Waals surface area contributed by atoms with Crippen LogP contribution in [0.3, 0.4) is 0 Å². The molecule has 90 valence electrons. The molecule has 0 amide bonds. The van der Waals surface area contributed by atoms with Crippen LogP contribution in [-0.4, -0.2) is 37.5 Å². The molecule has 6 nitrogen and oxygen atoms in total.